The number of amides is 1. The molecule has 1 atom stereocenters. The number of hydrogen-bond acceptors (Lipinski definition) is 4. The van der Waals surface area contributed by atoms with E-state index in [1.807, 2.05) is 17.0 Å². The molecule has 0 N–H and O–H groups in total. The number of carbonyl (C=O) groups excluding carboxylic acids is 1. The molecule has 0 saturated carbocycles. The molecule has 1 saturated heterocycles. The van der Waals surface area contributed by atoms with Crippen LogP contribution in [-0.4, -0.2) is 52.4 Å². The van der Waals surface area contributed by atoms with Gasteiger partial charge in [0.2, 0.25) is 0 Å². The highest BCUT2D eigenvalue weighted by Gasteiger charge is 2.23. The first-order valence-electron chi connectivity index (χ1n) is 7.64. The maximum atomic E-state index is 12.6. The molecule has 126 valence electrons. The molecule has 7 heteroatoms. The van der Waals surface area contributed by atoms with Gasteiger partial charge in [-0.3, -0.25) is 9.00 Å². The maximum absolute atomic E-state index is 12.6. The van der Waals surface area contributed by atoms with Crippen molar-refractivity contribution in [2.75, 3.05) is 37.3 Å². The maximum Gasteiger partial charge on any atom is 0.254 e. The molecule has 1 aliphatic rings. The Morgan fingerprint density at radius 1 is 1.17 bits per heavy atom. The molecular formula is C17H18ClN3O2S. The van der Waals surface area contributed by atoms with Crippen molar-refractivity contribution >= 4 is 34.1 Å². The minimum atomic E-state index is -1.09. The van der Waals surface area contributed by atoms with Crippen LogP contribution in [0.5, 0.6) is 0 Å². The van der Waals surface area contributed by atoms with Crippen molar-refractivity contribution in [2.45, 2.75) is 4.90 Å². The number of halogens is 1. The monoisotopic (exact) mass is 363 g/mol. The van der Waals surface area contributed by atoms with Crippen LogP contribution < -0.4 is 4.90 Å². The zero-order valence-corrected chi connectivity index (χ0v) is 14.9. The van der Waals surface area contributed by atoms with Crippen LogP contribution in [0.15, 0.2) is 47.5 Å². The van der Waals surface area contributed by atoms with E-state index in [4.69, 9.17) is 11.6 Å². The van der Waals surface area contributed by atoms with Gasteiger partial charge in [-0.2, -0.15) is 0 Å². The lowest BCUT2D eigenvalue weighted by Crippen LogP contribution is -2.49. The Labute approximate surface area is 148 Å². The van der Waals surface area contributed by atoms with Crippen LogP contribution in [0.3, 0.4) is 0 Å². The molecule has 1 aliphatic heterocycles. The predicted octanol–water partition coefficient (Wildman–Crippen LogP) is 2.43. The molecule has 0 bridgehead atoms. The quantitative estimate of drug-likeness (QED) is 0.840. The Balaban J connectivity index is 1.66. The molecule has 0 radical (unpaired) electrons. The molecule has 0 aliphatic carbocycles. The minimum absolute atomic E-state index is 0.0222. The predicted molar refractivity (Wildman–Crippen MR) is 96.1 cm³/mol. The number of rotatable bonds is 3. The number of pyridine rings is 1. The van der Waals surface area contributed by atoms with Gasteiger partial charge in [-0.25, -0.2) is 4.98 Å². The Bertz CT molecular complexity index is 759. The largest absolute Gasteiger partial charge is 0.353 e. The SMILES string of the molecule is CS(=O)c1cccc(C(=O)N2CCN(c3ccc(Cl)cn3)CC2)c1. The lowest BCUT2D eigenvalue weighted by Gasteiger charge is -2.35. The van der Waals surface area contributed by atoms with Crippen molar-refractivity contribution in [3.63, 3.8) is 0 Å². The third-order valence-corrected chi connectivity index (χ3v) is 5.16. The number of carbonyl (C=O) groups is 1. The Kier molecular flexibility index (Phi) is 5.16. The summed E-state index contributed by atoms with van der Waals surface area (Å²) in [4.78, 5) is 21.6. The second-order valence-corrected chi connectivity index (χ2v) is 7.41. The molecule has 1 aromatic carbocycles. The molecule has 24 heavy (non-hydrogen) atoms. The summed E-state index contributed by atoms with van der Waals surface area (Å²) < 4.78 is 11.6. The number of hydrogen-bond donors (Lipinski definition) is 0. The first-order valence-corrected chi connectivity index (χ1v) is 9.57. The average molecular weight is 364 g/mol. The van der Waals surface area contributed by atoms with E-state index in [1.165, 1.54) is 0 Å². The molecule has 0 spiro atoms. The van der Waals surface area contributed by atoms with Crippen LogP contribution >= 0.6 is 11.6 Å². The lowest BCUT2D eigenvalue weighted by atomic mass is 10.2. The summed E-state index contributed by atoms with van der Waals surface area (Å²) in [6.07, 6.45) is 3.24. The summed E-state index contributed by atoms with van der Waals surface area (Å²) in [6.45, 7) is 2.70. The first-order chi connectivity index (χ1) is 11.5. The topological polar surface area (TPSA) is 53.5 Å². The fourth-order valence-corrected chi connectivity index (χ4v) is 3.36. The van der Waals surface area contributed by atoms with Crippen LogP contribution in [0.25, 0.3) is 0 Å². The molecule has 1 amide bonds. The van der Waals surface area contributed by atoms with Gasteiger partial charge in [0.05, 0.1) is 5.02 Å². The van der Waals surface area contributed by atoms with E-state index in [0.717, 1.165) is 18.9 Å². The summed E-state index contributed by atoms with van der Waals surface area (Å²) in [7, 11) is -1.09. The van der Waals surface area contributed by atoms with Crippen LogP contribution in [0.4, 0.5) is 5.82 Å². The molecule has 5 nitrogen and oxygen atoms in total. The van der Waals surface area contributed by atoms with Crippen LogP contribution in [-0.2, 0) is 10.8 Å². The summed E-state index contributed by atoms with van der Waals surface area (Å²) in [5.74, 6) is 0.848. The van der Waals surface area contributed by atoms with Crippen molar-refractivity contribution in [2.24, 2.45) is 0 Å². The number of benzene rings is 1. The summed E-state index contributed by atoms with van der Waals surface area (Å²) in [6, 6.07) is 10.7. The summed E-state index contributed by atoms with van der Waals surface area (Å²) in [5, 5.41) is 0.612. The van der Waals surface area contributed by atoms with E-state index in [1.54, 1.807) is 36.7 Å². The second-order valence-electron chi connectivity index (χ2n) is 5.60. The Hall–Kier alpha value is -1.92. The van der Waals surface area contributed by atoms with Gasteiger partial charge in [0.1, 0.15) is 5.82 Å². The van der Waals surface area contributed by atoms with Gasteiger partial charge in [-0.15, -0.1) is 0 Å². The van der Waals surface area contributed by atoms with Crippen LogP contribution in [0, 0.1) is 0 Å². The molecule has 2 heterocycles. The van der Waals surface area contributed by atoms with Crippen LogP contribution in [0.2, 0.25) is 5.02 Å². The Morgan fingerprint density at radius 3 is 2.54 bits per heavy atom. The van der Waals surface area contributed by atoms with E-state index >= 15 is 0 Å². The van der Waals surface area contributed by atoms with Gasteiger partial charge in [-0.1, -0.05) is 17.7 Å². The van der Waals surface area contributed by atoms with E-state index in [2.05, 4.69) is 9.88 Å². The van der Waals surface area contributed by atoms with Gasteiger partial charge >= 0.3 is 0 Å². The molecule has 1 fully saturated rings. The lowest BCUT2D eigenvalue weighted by molar-refractivity contribution is 0.0746. The normalized spacial score (nSPS) is 16.1. The van der Waals surface area contributed by atoms with Crippen molar-refractivity contribution in [1.29, 1.82) is 0 Å². The molecule has 3 rings (SSSR count). The van der Waals surface area contributed by atoms with E-state index in [-0.39, 0.29) is 5.91 Å². The highest BCUT2D eigenvalue weighted by molar-refractivity contribution is 7.84. The van der Waals surface area contributed by atoms with Gasteiger partial charge in [0.25, 0.3) is 5.91 Å². The zero-order valence-electron chi connectivity index (χ0n) is 13.3. The van der Waals surface area contributed by atoms with E-state index in [9.17, 15) is 9.00 Å². The van der Waals surface area contributed by atoms with Gasteiger partial charge in [-0.05, 0) is 30.3 Å². The average Bonchev–Trinajstić information content (AvgIpc) is 2.62. The highest BCUT2D eigenvalue weighted by Crippen LogP contribution is 2.18. The summed E-state index contributed by atoms with van der Waals surface area (Å²) >= 11 is 5.86. The second kappa shape index (κ2) is 7.32. The number of nitrogens with zero attached hydrogens (tertiary/aromatic N) is 3. The van der Waals surface area contributed by atoms with Crippen molar-refractivity contribution in [3.05, 3.63) is 53.2 Å². The van der Waals surface area contributed by atoms with Gasteiger partial charge in [0.15, 0.2) is 0 Å². The molecule has 1 unspecified atom stereocenters. The fourth-order valence-electron chi connectivity index (χ4n) is 2.68. The molecular weight excluding hydrogens is 346 g/mol. The van der Waals surface area contributed by atoms with Crippen molar-refractivity contribution < 1.29 is 9.00 Å². The number of piperazine rings is 1. The fraction of sp³-hybridized carbons (Fsp3) is 0.294. The summed E-state index contributed by atoms with van der Waals surface area (Å²) in [5.41, 5.74) is 0.584. The van der Waals surface area contributed by atoms with Gasteiger partial charge in [0, 0.05) is 59.9 Å². The van der Waals surface area contributed by atoms with Gasteiger partial charge < -0.3 is 9.80 Å². The smallest absolute Gasteiger partial charge is 0.254 e. The van der Waals surface area contributed by atoms with E-state index < -0.39 is 10.8 Å². The van der Waals surface area contributed by atoms with Crippen molar-refractivity contribution in [3.8, 4) is 0 Å². The number of aromatic nitrogens is 1. The highest BCUT2D eigenvalue weighted by atomic mass is 35.5. The first kappa shape index (κ1) is 16.9. The van der Waals surface area contributed by atoms with Crippen LogP contribution in [0.1, 0.15) is 10.4 Å². The number of anilines is 1. The zero-order chi connectivity index (χ0) is 17.1. The molecule has 2 aromatic rings. The molecule has 1 aromatic heterocycles. The Morgan fingerprint density at radius 2 is 1.92 bits per heavy atom. The standard InChI is InChI=1S/C17H18ClN3O2S/c1-24(23)15-4-2-3-13(11-15)17(22)21-9-7-20(8-10-21)16-6-5-14(18)12-19-16/h2-6,11-12H,7-10H2,1H3. The minimum Gasteiger partial charge on any atom is -0.353 e. The third-order valence-electron chi connectivity index (χ3n) is 4.02. The third kappa shape index (κ3) is 3.76. The van der Waals surface area contributed by atoms with Crippen molar-refractivity contribution in [1.82, 2.24) is 9.88 Å². The van der Waals surface area contributed by atoms with E-state index in [0.29, 0.717) is 28.6 Å².